The molecule has 42 heavy (non-hydrogen) atoms. The first-order valence-corrected chi connectivity index (χ1v) is 16.4. The van der Waals surface area contributed by atoms with Crippen LogP contribution in [0.1, 0.15) is 93.9 Å². The predicted molar refractivity (Wildman–Crippen MR) is 178 cm³/mol. The molecule has 9 heteroatoms. The van der Waals surface area contributed by atoms with Gasteiger partial charge >= 0.3 is 0 Å². The molecule has 2 N–H and O–H groups in total. The van der Waals surface area contributed by atoms with Crippen molar-refractivity contribution < 1.29 is 9.90 Å². The van der Waals surface area contributed by atoms with Crippen molar-refractivity contribution in [2.45, 2.75) is 84.2 Å². The molecule has 3 heterocycles. The second-order valence-electron chi connectivity index (χ2n) is 10.9. The van der Waals surface area contributed by atoms with Gasteiger partial charge in [0.2, 0.25) is 0 Å². The fourth-order valence-corrected chi connectivity index (χ4v) is 6.43. The Morgan fingerprint density at radius 1 is 0.976 bits per heavy atom. The molecule has 1 aliphatic heterocycles. The Bertz CT molecular complexity index is 1450. The number of thiocarbonyl (C=S) groups is 1. The van der Waals surface area contributed by atoms with E-state index in [-0.39, 0.29) is 23.6 Å². The van der Waals surface area contributed by atoms with Crippen molar-refractivity contribution in [1.82, 2.24) is 14.3 Å². The molecular weight excluding hydrogens is 565 g/mol. The summed E-state index contributed by atoms with van der Waals surface area (Å²) in [6.07, 6.45) is 14.7. The van der Waals surface area contributed by atoms with E-state index in [1.165, 1.54) is 67.5 Å². The molecule has 0 spiro atoms. The Morgan fingerprint density at radius 2 is 1.64 bits per heavy atom. The van der Waals surface area contributed by atoms with Crippen LogP contribution in [0.3, 0.4) is 0 Å². The Balaban J connectivity index is 1.44. The molecule has 1 saturated heterocycles. The minimum Gasteiger partial charge on any atom is -0.387 e. The molecule has 1 fully saturated rings. The van der Waals surface area contributed by atoms with E-state index >= 15 is 0 Å². The zero-order valence-electron chi connectivity index (χ0n) is 24.7. The highest BCUT2D eigenvalue weighted by Gasteiger charge is 2.32. The fourth-order valence-electron chi connectivity index (χ4n) is 5.14. The first-order valence-electron chi connectivity index (χ1n) is 15.1. The quantitative estimate of drug-likeness (QED) is 0.101. The molecule has 0 radical (unpaired) electrons. The molecule has 224 valence electrons. The van der Waals surface area contributed by atoms with Crippen molar-refractivity contribution in [3.63, 3.8) is 0 Å². The van der Waals surface area contributed by atoms with Crippen LogP contribution >= 0.6 is 24.0 Å². The maximum Gasteiger partial charge on any atom is 0.267 e. The number of carbonyl (C=O) groups excluding carboxylic acids is 1. The molecule has 4 rings (SSSR count). The van der Waals surface area contributed by atoms with Crippen molar-refractivity contribution in [2.75, 3.05) is 18.4 Å². The number of aliphatic hydroxyl groups excluding tert-OH is 1. The van der Waals surface area contributed by atoms with Gasteiger partial charge in [-0.25, -0.2) is 4.98 Å². The van der Waals surface area contributed by atoms with E-state index in [9.17, 15) is 14.7 Å². The van der Waals surface area contributed by atoms with Crippen molar-refractivity contribution in [2.24, 2.45) is 0 Å². The number of aryl methyl sites for hydroxylation is 1. The fraction of sp³-hybridized carbons (Fsp3) is 0.455. The number of aromatic nitrogens is 2. The number of nitrogens with zero attached hydrogens (tertiary/aromatic N) is 3. The number of aliphatic hydroxyl groups is 1. The van der Waals surface area contributed by atoms with Crippen molar-refractivity contribution >= 4 is 51.7 Å². The third-order valence-electron chi connectivity index (χ3n) is 7.62. The van der Waals surface area contributed by atoms with Crippen LogP contribution in [0.2, 0.25) is 0 Å². The number of fused-ring (bicyclic) bond motifs is 1. The Hall–Kier alpha value is -3.01. The second-order valence-corrected chi connectivity index (χ2v) is 12.6. The molecule has 1 atom stereocenters. The van der Waals surface area contributed by atoms with Crippen LogP contribution in [0, 0.1) is 6.92 Å². The topological polar surface area (TPSA) is 86.9 Å². The molecule has 3 aromatic rings. The van der Waals surface area contributed by atoms with Gasteiger partial charge in [0.15, 0.2) is 0 Å². The van der Waals surface area contributed by atoms with Crippen LogP contribution in [0.25, 0.3) is 11.7 Å². The molecule has 0 saturated carbocycles. The van der Waals surface area contributed by atoms with Crippen molar-refractivity contribution in [3.8, 4) is 0 Å². The number of anilines is 1. The van der Waals surface area contributed by atoms with Crippen molar-refractivity contribution in [3.05, 3.63) is 80.6 Å². The van der Waals surface area contributed by atoms with Gasteiger partial charge in [-0.3, -0.25) is 18.9 Å². The van der Waals surface area contributed by atoms with E-state index in [2.05, 4.69) is 12.2 Å². The number of hydrogen-bond acceptors (Lipinski definition) is 7. The summed E-state index contributed by atoms with van der Waals surface area (Å²) in [5.41, 5.74) is 2.09. The van der Waals surface area contributed by atoms with Crippen LogP contribution < -0.4 is 10.9 Å². The van der Waals surface area contributed by atoms with Crippen LogP contribution in [0.4, 0.5) is 5.82 Å². The summed E-state index contributed by atoms with van der Waals surface area (Å²) in [5.74, 6) is 0.147. The molecule has 1 aliphatic rings. The standard InChI is InChI=1S/C33H42N4O3S2/c1-3-4-5-6-7-8-9-10-11-15-20-37-32(40)28(42-33(37)41)22-26-29(34-23-27(38)25-18-13-12-14-19-25)35-30-24(2)17-16-21-36(30)31(26)39/h12-14,16-19,21-22,27,34,38H,3-11,15,20,23H2,1-2H3/b28-22+. The molecule has 2 aromatic heterocycles. The van der Waals surface area contributed by atoms with Gasteiger partial charge in [-0.2, -0.15) is 0 Å². The molecule has 1 unspecified atom stereocenters. The lowest BCUT2D eigenvalue weighted by Gasteiger charge is -2.16. The third-order valence-corrected chi connectivity index (χ3v) is 8.99. The van der Waals surface area contributed by atoms with E-state index in [0.717, 1.165) is 24.0 Å². The van der Waals surface area contributed by atoms with Gasteiger partial charge in [-0.15, -0.1) is 0 Å². The summed E-state index contributed by atoms with van der Waals surface area (Å²) in [6.45, 7) is 4.87. The number of nitrogens with one attached hydrogen (secondary N) is 1. The molecular formula is C33H42N4O3S2. The average Bonchev–Trinajstić information content (AvgIpc) is 3.26. The van der Waals surface area contributed by atoms with Crippen LogP contribution in [-0.2, 0) is 4.79 Å². The highest BCUT2D eigenvalue weighted by molar-refractivity contribution is 8.26. The van der Waals surface area contributed by atoms with Gasteiger partial charge in [-0.1, -0.05) is 125 Å². The Morgan fingerprint density at radius 3 is 2.33 bits per heavy atom. The second kappa shape index (κ2) is 16.0. The van der Waals surface area contributed by atoms with E-state index in [1.807, 2.05) is 43.3 Å². The normalized spacial score (nSPS) is 15.2. The summed E-state index contributed by atoms with van der Waals surface area (Å²) in [6, 6.07) is 13.0. The molecule has 0 aliphatic carbocycles. The van der Waals surface area contributed by atoms with Gasteiger partial charge < -0.3 is 10.4 Å². The van der Waals surface area contributed by atoms with E-state index in [1.54, 1.807) is 23.2 Å². The summed E-state index contributed by atoms with van der Waals surface area (Å²) in [4.78, 5) is 33.8. The number of amides is 1. The average molecular weight is 607 g/mol. The molecule has 1 aromatic carbocycles. The summed E-state index contributed by atoms with van der Waals surface area (Å²) in [7, 11) is 0. The highest BCUT2D eigenvalue weighted by atomic mass is 32.2. The predicted octanol–water partition coefficient (Wildman–Crippen LogP) is 7.27. The zero-order valence-corrected chi connectivity index (χ0v) is 26.3. The lowest BCUT2D eigenvalue weighted by atomic mass is 10.1. The number of rotatable bonds is 16. The van der Waals surface area contributed by atoms with Crippen LogP contribution in [0.5, 0.6) is 0 Å². The van der Waals surface area contributed by atoms with Gasteiger partial charge in [0, 0.05) is 19.3 Å². The third kappa shape index (κ3) is 8.30. The van der Waals surface area contributed by atoms with E-state index < -0.39 is 6.10 Å². The Labute approximate surface area is 258 Å². The highest BCUT2D eigenvalue weighted by Crippen LogP contribution is 2.33. The van der Waals surface area contributed by atoms with Gasteiger partial charge in [0.05, 0.1) is 16.6 Å². The number of carbonyl (C=O) groups is 1. The maximum atomic E-state index is 13.7. The van der Waals surface area contributed by atoms with Gasteiger partial charge in [0.25, 0.3) is 11.5 Å². The summed E-state index contributed by atoms with van der Waals surface area (Å²) < 4.78 is 2.01. The SMILES string of the molecule is CCCCCCCCCCCCN1C(=O)/C(=C\c2c(NCC(O)c3ccccc3)nc3c(C)cccn3c2=O)SC1=S. The number of benzene rings is 1. The van der Waals surface area contributed by atoms with Gasteiger partial charge in [0.1, 0.15) is 15.8 Å². The lowest BCUT2D eigenvalue weighted by Crippen LogP contribution is -2.29. The smallest absolute Gasteiger partial charge is 0.267 e. The zero-order chi connectivity index (χ0) is 29.9. The lowest BCUT2D eigenvalue weighted by molar-refractivity contribution is -0.122. The first kappa shape index (κ1) is 31.9. The minimum absolute atomic E-state index is 0.152. The molecule has 0 bridgehead atoms. The molecule has 7 nitrogen and oxygen atoms in total. The number of hydrogen-bond donors (Lipinski definition) is 2. The molecule has 1 amide bonds. The van der Waals surface area contributed by atoms with Gasteiger partial charge in [-0.05, 0) is 36.6 Å². The summed E-state index contributed by atoms with van der Waals surface area (Å²) in [5, 5.41) is 13.9. The summed E-state index contributed by atoms with van der Waals surface area (Å²) >= 11 is 6.78. The number of pyridine rings is 1. The number of unbranched alkanes of at least 4 members (excludes halogenated alkanes) is 9. The monoisotopic (exact) mass is 606 g/mol. The van der Waals surface area contributed by atoms with E-state index in [0.29, 0.717) is 27.2 Å². The Kier molecular flexibility index (Phi) is 12.2. The van der Waals surface area contributed by atoms with Crippen LogP contribution in [0.15, 0.2) is 58.4 Å². The minimum atomic E-state index is -0.796. The van der Waals surface area contributed by atoms with Crippen molar-refractivity contribution in [1.29, 1.82) is 0 Å². The first-order chi connectivity index (χ1) is 20.4. The maximum absolute atomic E-state index is 13.7. The largest absolute Gasteiger partial charge is 0.387 e. The van der Waals surface area contributed by atoms with E-state index in [4.69, 9.17) is 17.2 Å². The van der Waals surface area contributed by atoms with Crippen LogP contribution in [-0.4, -0.2) is 42.7 Å². The number of thioether (sulfide) groups is 1.